The number of hydrogen-bond donors (Lipinski definition) is 14. The van der Waals surface area contributed by atoms with Gasteiger partial charge in [0.2, 0.25) is 35.4 Å². The van der Waals surface area contributed by atoms with E-state index in [1.807, 2.05) is 0 Å². The number of amides is 8. The molecular formula is C55H92N12O10. The first-order valence-corrected chi connectivity index (χ1v) is 27.3. The SMILES string of the molecule is NNC(=O)CCCCCC/C=C/C/C=C/CCCCCCC(=O)NN.NNC(=O)CCCCCCCCC(=O)NN.O=C(CCCCCCCCCCC(=O)NNC(=O)c1ccccc1O)NNC(=O)c1ccccc1O. The highest BCUT2D eigenvalue weighted by Gasteiger charge is 2.12. The number of phenols is 2. The molecule has 0 bridgehead atoms. The third-order valence-electron chi connectivity index (χ3n) is 11.8. The molecule has 22 nitrogen and oxygen atoms in total. The van der Waals surface area contributed by atoms with Gasteiger partial charge in [0, 0.05) is 38.5 Å². The topological polar surface area (TPSA) is 377 Å². The van der Waals surface area contributed by atoms with Gasteiger partial charge < -0.3 is 10.2 Å². The summed E-state index contributed by atoms with van der Waals surface area (Å²) in [6.45, 7) is 0. The van der Waals surface area contributed by atoms with Gasteiger partial charge in [-0.05, 0) is 94.9 Å². The Kier molecular flexibility index (Phi) is 45.5. The predicted octanol–water partition coefficient (Wildman–Crippen LogP) is 6.46. The average molecular weight is 1080 g/mol. The lowest BCUT2D eigenvalue weighted by Crippen LogP contribution is -2.41. The van der Waals surface area contributed by atoms with Crippen LogP contribution in [-0.2, 0) is 28.8 Å². The molecule has 8 amide bonds. The molecule has 0 unspecified atom stereocenters. The summed E-state index contributed by atoms with van der Waals surface area (Å²) in [6, 6.07) is 12.2. The van der Waals surface area contributed by atoms with Crippen LogP contribution in [0, 0.1) is 0 Å². The molecule has 432 valence electrons. The lowest BCUT2D eigenvalue weighted by Gasteiger charge is -2.08. The van der Waals surface area contributed by atoms with Crippen molar-refractivity contribution in [2.75, 3.05) is 0 Å². The Labute approximate surface area is 455 Å². The summed E-state index contributed by atoms with van der Waals surface area (Å²) < 4.78 is 0. The molecule has 0 aliphatic carbocycles. The summed E-state index contributed by atoms with van der Waals surface area (Å²) in [5, 5.41) is 19.3. The second kappa shape index (κ2) is 50.0. The second-order valence-corrected chi connectivity index (χ2v) is 18.3. The monoisotopic (exact) mass is 1080 g/mol. The Morgan fingerprint density at radius 2 is 0.571 bits per heavy atom. The van der Waals surface area contributed by atoms with Gasteiger partial charge in [-0.15, -0.1) is 0 Å². The molecule has 0 spiro atoms. The van der Waals surface area contributed by atoms with Crippen LogP contribution in [0.15, 0.2) is 72.8 Å². The van der Waals surface area contributed by atoms with Crippen molar-refractivity contribution in [3.63, 3.8) is 0 Å². The van der Waals surface area contributed by atoms with E-state index < -0.39 is 11.8 Å². The summed E-state index contributed by atoms with van der Waals surface area (Å²) in [7, 11) is 0. The Balaban J connectivity index is 0.00000122. The Morgan fingerprint density at radius 1 is 0.325 bits per heavy atom. The first-order valence-electron chi connectivity index (χ1n) is 27.3. The first kappa shape index (κ1) is 70.1. The average Bonchev–Trinajstić information content (AvgIpc) is 3.43. The summed E-state index contributed by atoms with van der Waals surface area (Å²) in [4.78, 5) is 90.9. The van der Waals surface area contributed by atoms with E-state index in [0.29, 0.717) is 51.4 Å². The number of rotatable bonds is 38. The first-order chi connectivity index (χ1) is 37.3. The van der Waals surface area contributed by atoms with Crippen LogP contribution >= 0.6 is 0 Å². The minimum atomic E-state index is -0.573. The molecule has 0 saturated carbocycles. The number of hydrogen-bond acceptors (Lipinski definition) is 14. The van der Waals surface area contributed by atoms with E-state index in [9.17, 15) is 48.6 Å². The molecule has 0 radical (unpaired) electrons. The Hall–Kier alpha value is -6.88. The van der Waals surface area contributed by atoms with Gasteiger partial charge in [-0.2, -0.15) is 0 Å². The number of carbonyl (C=O) groups excluding carboxylic acids is 8. The molecule has 0 heterocycles. The van der Waals surface area contributed by atoms with E-state index >= 15 is 0 Å². The molecule has 18 N–H and O–H groups in total. The van der Waals surface area contributed by atoms with E-state index in [4.69, 9.17) is 23.4 Å². The smallest absolute Gasteiger partial charge is 0.273 e. The largest absolute Gasteiger partial charge is 0.507 e. The van der Waals surface area contributed by atoms with Crippen molar-refractivity contribution in [3.05, 3.63) is 84.0 Å². The Bertz CT molecular complexity index is 1880. The summed E-state index contributed by atoms with van der Waals surface area (Å²) in [6.07, 6.45) is 36.6. The maximum Gasteiger partial charge on any atom is 0.273 e. The van der Waals surface area contributed by atoms with E-state index in [2.05, 4.69) is 67.7 Å². The van der Waals surface area contributed by atoms with Gasteiger partial charge in [0.15, 0.2) is 0 Å². The highest BCUT2D eigenvalue weighted by Crippen LogP contribution is 2.17. The minimum absolute atomic E-state index is 0.0781. The van der Waals surface area contributed by atoms with E-state index in [1.165, 1.54) is 37.1 Å². The van der Waals surface area contributed by atoms with Crippen molar-refractivity contribution >= 4 is 47.3 Å². The van der Waals surface area contributed by atoms with E-state index in [-0.39, 0.29) is 58.1 Å². The minimum Gasteiger partial charge on any atom is -0.507 e. The number of nitrogens with one attached hydrogen (secondary N) is 8. The molecule has 0 aliphatic rings. The fourth-order valence-electron chi connectivity index (χ4n) is 7.35. The zero-order valence-corrected chi connectivity index (χ0v) is 45.3. The fraction of sp³-hybridized carbons (Fsp3) is 0.564. The highest BCUT2D eigenvalue weighted by atomic mass is 16.3. The highest BCUT2D eigenvalue weighted by molar-refractivity contribution is 5.98. The number of carbonyl (C=O) groups is 8. The Morgan fingerprint density at radius 3 is 0.844 bits per heavy atom. The normalized spacial score (nSPS) is 10.5. The van der Waals surface area contributed by atoms with Crippen molar-refractivity contribution in [2.24, 2.45) is 23.4 Å². The number of phenolic OH excluding ortho intramolecular Hbond substituents is 2. The predicted molar refractivity (Wildman–Crippen MR) is 298 cm³/mol. The van der Waals surface area contributed by atoms with Gasteiger partial charge >= 0.3 is 0 Å². The molecule has 2 rings (SSSR count). The van der Waals surface area contributed by atoms with Crippen LogP contribution in [0.5, 0.6) is 11.5 Å². The third-order valence-corrected chi connectivity index (χ3v) is 11.8. The zero-order chi connectivity index (χ0) is 57.0. The lowest BCUT2D eigenvalue weighted by molar-refractivity contribution is -0.122. The van der Waals surface area contributed by atoms with Gasteiger partial charge in [-0.3, -0.25) is 81.8 Å². The molecule has 77 heavy (non-hydrogen) atoms. The van der Waals surface area contributed by atoms with Gasteiger partial charge in [0.25, 0.3) is 11.8 Å². The van der Waals surface area contributed by atoms with Crippen LogP contribution < -0.4 is 66.8 Å². The van der Waals surface area contributed by atoms with Gasteiger partial charge in [-0.25, -0.2) is 23.4 Å². The molecule has 0 saturated heterocycles. The quantitative estimate of drug-likeness (QED) is 0.0113. The number of nitrogens with two attached hydrogens (primary N) is 4. The number of benzene rings is 2. The van der Waals surface area contributed by atoms with Gasteiger partial charge in [0.1, 0.15) is 11.5 Å². The van der Waals surface area contributed by atoms with Crippen LogP contribution in [0.3, 0.4) is 0 Å². The summed E-state index contributed by atoms with van der Waals surface area (Å²) in [5.74, 6) is 17.5. The van der Waals surface area contributed by atoms with Crippen LogP contribution in [0.1, 0.15) is 220 Å². The van der Waals surface area contributed by atoms with Crippen molar-refractivity contribution < 1.29 is 48.6 Å². The molecule has 0 fully saturated rings. The van der Waals surface area contributed by atoms with Crippen LogP contribution in [0.25, 0.3) is 0 Å². The lowest BCUT2D eigenvalue weighted by atomic mass is 10.1. The molecule has 2 aromatic rings. The van der Waals surface area contributed by atoms with Crippen LogP contribution in [0.4, 0.5) is 0 Å². The molecule has 0 aromatic heterocycles. The van der Waals surface area contributed by atoms with Crippen molar-refractivity contribution in [1.82, 2.24) is 43.4 Å². The number of allylic oxidation sites excluding steroid dienone is 4. The molecule has 22 heteroatoms. The van der Waals surface area contributed by atoms with Crippen LogP contribution in [0.2, 0.25) is 0 Å². The maximum atomic E-state index is 11.9. The van der Waals surface area contributed by atoms with Crippen molar-refractivity contribution in [1.29, 1.82) is 0 Å². The van der Waals surface area contributed by atoms with Gasteiger partial charge in [-0.1, -0.05) is 138 Å². The van der Waals surface area contributed by atoms with Crippen molar-refractivity contribution in [2.45, 2.75) is 199 Å². The summed E-state index contributed by atoms with van der Waals surface area (Å²) >= 11 is 0. The molecule has 0 aliphatic heterocycles. The zero-order valence-electron chi connectivity index (χ0n) is 45.3. The molecular weight excluding hydrogens is 989 g/mol. The van der Waals surface area contributed by atoms with E-state index in [0.717, 1.165) is 135 Å². The number of aromatic hydroxyl groups is 2. The number of unbranched alkanes of at least 4 members (excludes halogenated alkanes) is 20. The fourth-order valence-corrected chi connectivity index (χ4v) is 7.35. The third kappa shape index (κ3) is 43.0. The maximum absolute atomic E-state index is 11.9. The number of hydrazine groups is 6. The van der Waals surface area contributed by atoms with E-state index in [1.54, 1.807) is 24.3 Å². The molecule has 2 aromatic carbocycles. The standard InChI is InChI=1S/C26H34N4O6.C19H36N4O2.C10H22N4O2/c31-21-15-11-9-13-19(21)25(35)29-27-23(33)17-7-5-3-1-2-4-6-8-18-24(34)28-30-26(36)20-14-10-12-16-22(20)32;20-22-18(24)16-14-12-10-8-6-4-2-1-3-5-7-9-11-13-15-17-19(25)23-21;11-13-9(15)7-5-3-1-2-4-6-8-10(16)14-12/h9-16,31-32H,1-8,17-18H2,(H,27,33)(H,28,34)(H,29,35)(H,30,36);2-5H,1,6-17,20-21H2,(H,22,24)(H,23,25);1-8,11-12H2,(H,13,15)(H,14,16)/b;4-2+,5-3+;. The molecule has 0 atom stereocenters. The van der Waals surface area contributed by atoms with Crippen LogP contribution in [-0.4, -0.2) is 57.5 Å². The van der Waals surface area contributed by atoms with Gasteiger partial charge in [0.05, 0.1) is 11.1 Å². The van der Waals surface area contributed by atoms with Crippen molar-refractivity contribution in [3.8, 4) is 11.5 Å². The summed E-state index contributed by atoms with van der Waals surface area (Å²) in [5.41, 5.74) is 18.0. The number of para-hydroxylation sites is 2. The second-order valence-electron chi connectivity index (χ2n) is 18.3.